The molecule has 1 aliphatic carbocycles. The Morgan fingerprint density at radius 1 is 1.36 bits per heavy atom. The Labute approximate surface area is 134 Å². The van der Waals surface area contributed by atoms with E-state index in [-0.39, 0.29) is 4.75 Å². The second-order valence-electron chi connectivity index (χ2n) is 5.76. The molecule has 0 unspecified atom stereocenters. The number of hydrogen-bond donors (Lipinski definition) is 3. The van der Waals surface area contributed by atoms with Gasteiger partial charge in [-0.2, -0.15) is 11.8 Å². The zero-order valence-electron chi connectivity index (χ0n) is 13.0. The summed E-state index contributed by atoms with van der Waals surface area (Å²) in [6.45, 7) is 2.15. The van der Waals surface area contributed by atoms with E-state index in [1.807, 2.05) is 0 Å². The van der Waals surface area contributed by atoms with Crippen molar-refractivity contribution in [2.24, 2.45) is 5.73 Å². The number of thioether (sulfide) groups is 1. The van der Waals surface area contributed by atoms with Gasteiger partial charge in [0.05, 0.1) is 19.6 Å². The maximum atomic E-state index is 11.9. The average Bonchev–Trinajstić information content (AvgIpc) is 2.88. The number of nitrogens with one attached hydrogen (secondary N) is 1. The van der Waals surface area contributed by atoms with Crippen molar-refractivity contribution in [1.29, 1.82) is 0 Å². The molecule has 0 heterocycles. The van der Waals surface area contributed by atoms with E-state index in [0.29, 0.717) is 5.75 Å². The van der Waals surface area contributed by atoms with E-state index in [0.717, 1.165) is 12.8 Å². The van der Waals surface area contributed by atoms with Crippen LogP contribution in [0, 0.1) is 0 Å². The Morgan fingerprint density at radius 2 is 1.95 bits per heavy atom. The van der Waals surface area contributed by atoms with Gasteiger partial charge in [0.25, 0.3) is 0 Å². The molecule has 7 nitrogen and oxygen atoms in total. The molecule has 1 amide bonds. The van der Waals surface area contributed by atoms with Crippen LogP contribution in [0.15, 0.2) is 0 Å². The Hall–Kier alpha value is -1.28. The fourth-order valence-electron chi connectivity index (χ4n) is 2.42. The van der Waals surface area contributed by atoms with E-state index < -0.39 is 36.4 Å². The van der Waals surface area contributed by atoms with E-state index in [9.17, 15) is 14.4 Å². The summed E-state index contributed by atoms with van der Waals surface area (Å²) in [7, 11) is 1.25. The number of amides is 1. The van der Waals surface area contributed by atoms with E-state index in [2.05, 4.69) is 12.2 Å². The van der Waals surface area contributed by atoms with Crippen molar-refractivity contribution in [2.75, 3.05) is 12.9 Å². The number of rotatable bonds is 8. The fourth-order valence-corrected chi connectivity index (χ4v) is 3.79. The van der Waals surface area contributed by atoms with Crippen molar-refractivity contribution < 1.29 is 24.2 Å². The summed E-state index contributed by atoms with van der Waals surface area (Å²) in [5.74, 6) is -1.99. The van der Waals surface area contributed by atoms with Crippen LogP contribution in [0.1, 0.15) is 39.0 Å². The van der Waals surface area contributed by atoms with Gasteiger partial charge < -0.3 is 20.9 Å². The Kier molecular flexibility index (Phi) is 7.15. The molecule has 0 saturated heterocycles. The van der Waals surface area contributed by atoms with Crippen molar-refractivity contribution in [3.8, 4) is 0 Å². The van der Waals surface area contributed by atoms with Gasteiger partial charge in [-0.05, 0) is 12.8 Å². The number of carboxylic acids is 1. The minimum atomic E-state index is -1.18. The lowest BCUT2D eigenvalue weighted by molar-refractivity contribution is -0.144. The topological polar surface area (TPSA) is 119 Å². The van der Waals surface area contributed by atoms with Gasteiger partial charge in [0.1, 0.15) is 6.04 Å². The fraction of sp³-hybridized carbons (Fsp3) is 0.786. The second kappa shape index (κ2) is 8.38. The molecule has 0 aromatic rings. The highest BCUT2D eigenvalue weighted by atomic mass is 32.2. The standard InChI is InChI=1S/C14H24N2O5S/c1-14(5-3-4-6-14)22-8-10(13(20)21-2)16-12(19)9(15)7-11(17)18/h9-10H,3-8,15H2,1-2H3,(H,16,19)(H,17,18)/t9-,10-/m0/s1. The zero-order valence-corrected chi connectivity index (χ0v) is 13.8. The zero-order chi connectivity index (χ0) is 16.8. The molecule has 0 bridgehead atoms. The maximum absolute atomic E-state index is 11.9. The number of carbonyl (C=O) groups excluding carboxylic acids is 2. The monoisotopic (exact) mass is 332 g/mol. The molecule has 126 valence electrons. The highest BCUT2D eigenvalue weighted by molar-refractivity contribution is 8.00. The van der Waals surface area contributed by atoms with Gasteiger partial charge in [-0.15, -0.1) is 0 Å². The lowest BCUT2D eigenvalue weighted by atomic mass is 10.1. The molecule has 4 N–H and O–H groups in total. The number of nitrogens with two attached hydrogens (primary N) is 1. The van der Waals surface area contributed by atoms with E-state index >= 15 is 0 Å². The van der Waals surface area contributed by atoms with Gasteiger partial charge in [-0.1, -0.05) is 19.8 Å². The first-order chi connectivity index (χ1) is 10.3. The van der Waals surface area contributed by atoms with Crippen molar-refractivity contribution in [3.05, 3.63) is 0 Å². The van der Waals surface area contributed by atoms with E-state index in [1.54, 1.807) is 11.8 Å². The predicted octanol–water partition coefficient (Wildman–Crippen LogP) is 0.512. The third-order valence-corrected chi connectivity index (χ3v) is 5.40. The molecular weight excluding hydrogens is 308 g/mol. The van der Waals surface area contributed by atoms with Crippen LogP contribution in [-0.4, -0.2) is 52.6 Å². The quantitative estimate of drug-likeness (QED) is 0.554. The van der Waals surface area contributed by atoms with Gasteiger partial charge in [-0.25, -0.2) is 4.79 Å². The van der Waals surface area contributed by atoms with Crippen LogP contribution in [0.25, 0.3) is 0 Å². The first-order valence-corrected chi connectivity index (χ1v) is 8.25. The number of carbonyl (C=O) groups is 3. The average molecular weight is 332 g/mol. The Bertz CT molecular complexity index is 423. The van der Waals surface area contributed by atoms with Crippen LogP contribution >= 0.6 is 11.8 Å². The predicted molar refractivity (Wildman–Crippen MR) is 83.5 cm³/mol. The molecule has 0 spiro atoms. The summed E-state index contributed by atoms with van der Waals surface area (Å²) in [6.07, 6.45) is 4.02. The van der Waals surface area contributed by atoms with Crippen molar-refractivity contribution in [3.63, 3.8) is 0 Å². The molecule has 2 atom stereocenters. The summed E-state index contributed by atoms with van der Waals surface area (Å²) in [4.78, 5) is 34.2. The molecule has 1 rings (SSSR count). The molecule has 1 aliphatic rings. The molecule has 0 aromatic carbocycles. The molecule has 8 heteroatoms. The number of aliphatic carboxylic acids is 1. The highest BCUT2D eigenvalue weighted by Gasteiger charge is 2.32. The van der Waals surface area contributed by atoms with Crippen molar-refractivity contribution >= 4 is 29.6 Å². The summed E-state index contributed by atoms with van der Waals surface area (Å²) in [5.41, 5.74) is 5.50. The number of esters is 1. The van der Waals surface area contributed by atoms with Gasteiger partial charge in [0, 0.05) is 10.5 Å². The van der Waals surface area contributed by atoms with Gasteiger partial charge in [0.15, 0.2) is 0 Å². The van der Waals surface area contributed by atoms with Crippen LogP contribution in [0.5, 0.6) is 0 Å². The minimum Gasteiger partial charge on any atom is -0.481 e. The third-order valence-electron chi connectivity index (χ3n) is 3.79. The second-order valence-corrected chi connectivity index (χ2v) is 7.36. The van der Waals surface area contributed by atoms with Crippen molar-refractivity contribution in [2.45, 2.75) is 55.9 Å². The van der Waals surface area contributed by atoms with Crippen LogP contribution < -0.4 is 11.1 Å². The van der Waals surface area contributed by atoms with Crippen molar-refractivity contribution in [1.82, 2.24) is 5.32 Å². The third kappa shape index (κ3) is 5.84. The Balaban J connectivity index is 2.58. The molecule has 1 saturated carbocycles. The summed E-state index contributed by atoms with van der Waals surface area (Å²) >= 11 is 1.63. The summed E-state index contributed by atoms with van der Waals surface area (Å²) in [6, 6.07) is -2.00. The molecular formula is C14H24N2O5S. The minimum absolute atomic E-state index is 0.111. The lowest BCUT2D eigenvalue weighted by Gasteiger charge is -2.26. The number of hydrogen-bond acceptors (Lipinski definition) is 6. The van der Waals surface area contributed by atoms with Gasteiger partial charge in [-0.3, -0.25) is 9.59 Å². The first kappa shape index (κ1) is 18.8. The first-order valence-electron chi connectivity index (χ1n) is 7.27. The summed E-state index contributed by atoms with van der Waals surface area (Å²) < 4.78 is 4.81. The maximum Gasteiger partial charge on any atom is 0.329 e. The van der Waals surface area contributed by atoms with Crippen LogP contribution in [-0.2, 0) is 19.1 Å². The van der Waals surface area contributed by atoms with Crippen LogP contribution in [0.2, 0.25) is 0 Å². The molecule has 0 aromatic heterocycles. The number of ether oxygens (including phenoxy) is 1. The van der Waals surface area contributed by atoms with Crippen LogP contribution in [0.4, 0.5) is 0 Å². The molecule has 0 aliphatic heterocycles. The van der Waals surface area contributed by atoms with Gasteiger partial charge >= 0.3 is 11.9 Å². The van der Waals surface area contributed by atoms with E-state index in [1.165, 1.54) is 20.0 Å². The SMILES string of the molecule is COC(=O)[C@H](CSC1(C)CCCC1)NC(=O)[C@@H](N)CC(=O)O. The molecule has 1 fully saturated rings. The molecule has 22 heavy (non-hydrogen) atoms. The molecule has 0 radical (unpaired) electrons. The van der Waals surface area contributed by atoms with Gasteiger partial charge in [0.2, 0.25) is 5.91 Å². The summed E-state index contributed by atoms with van der Waals surface area (Å²) in [5, 5.41) is 11.1. The normalized spacial score (nSPS) is 19.2. The highest BCUT2D eigenvalue weighted by Crippen LogP contribution is 2.41. The Morgan fingerprint density at radius 3 is 2.45 bits per heavy atom. The van der Waals surface area contributed by atoms with Crippen LogP contribution in [0.3, 0.4) is 0 Å². The van der Waals surface area contributed by atoms with E-state index in [4.69, 9.17) is 15.6 Å². The lowest BCUT2D eigenvalue weighted by Crippen LogP contribution is -2.50. The number of carboxylic acid groups (broad SMARTS) is 1. The largest absolute Gasteiger partial charge is 0.481 e. The smallest absolute Gasteiger partial charge is 0.329 e. The number of methoxy groups -OCH3 is 1.